The molecule has 0 radical (unpaired) electrons. The lowest BCUT2D eigenvalue weighted by atomic mass is 10.0. The van der Waals surface area contributed by atoms with Crippen molar-refractivity contribution in [3.05, 3.63) is 46.0 Å². The maximum Gasteiger partial charge on any atom is 0.241 e. The fourth-order valence-electron chi connectivity index (χ4n) is 2.25. The van der Waals surface area contributed by atoms with Crippen molar-refractivity contribution in [1.82, 2.24) is 15.3 Å². The Balaban J connectivity index is 1.69. The molecule has 3 N–H and O–H groups in total. The lowest BCUT2D eigenvalue weighted by molar-refractivity contribution is -0.118. The minimum atomic E-state index is -0.245. The smallest absolute Gasteiger partial charge is 0.241 e. The third-order valence-corrected chi connectivity index (χ3v) is 4.34. The van der Waals surface area contributed by atoms with Crippen LogP contribution in [0.15, 0.2) is 29.0 Å². The number of aromatic nitrogens is 2. The molecular weight excluding hydrogens is 320 g/mol. The van der Waals surface area contributed by atoms with Gasteiger partial charge in [0.05, 0.1) is 23.8 Å². The molecule has 20 heavy (non-hydrogen) atoms. The second-order valence-corrected chi connectivity index (χ2v) is 5.77. The Hall–Kier alpha value is -1.66. The summed E-state index contributed by atoms with van der Waals surface area (Å²) in [6.45, 7) is 2.66. The Kier molecular flexibility index (Phi) is 3.58. The van der Waals surface area contributed by atoms with Crippen molar-refractivity contribution in [3.63, 3.8) is 0 Å². The van der Waals surface area contributed by atoms with Crippen LogP contribution in [0.2, 0.25) is 0 Å². The van der Waals surface area contributed by atoms with E-state index in [-0.39, 0.29) is 11.9 Å². The van der Waals surface area contributed by atoms with Gasteiger partial charge in [0.1, 0.15) is 0 Å². The molecular formula is C14H15BrN4O. The summed E-state index contributed by atoms with van der Waals surface area (Å²) in [4.78, 5) is 19.6. The Morgan fingerprint density at radius 1 is 1.50 bits per heavy atom. The molecule has 1 aliphatic rings. The number of imidazole rings is 1. The predicted molar refractivity (Wildman–Crippen MR) is 80.4 cm³/mol. The zero-order valence-corrected chi connectivity index (χ0v) is 12.6. The van der Waals surface area contributed by atoms with Crippen molar-refractivity contribution >= 4 is 27.5 Å². The van der Waals surface area contributed by atoms with Crippen LogP contribution in [0.5, 0.6) is 0 Å². The van der Waals surface area contributed by atoms with Crippen LogP contribution in [0.1, 0.15) is 17.0 Å². The molecule has 1 unspecified atom stereocenters. The number of amides is 1. The van der Waals surface area contributed by atoms with Gasteiger partial charge in [-0.2, -0.15) is 0 Å². The summed E-state index contributed by atoms with van der Waals surface area (Å²) in [5.41, 5.74) is 3.96. The van der Waals surface area contributed by atoms with E-state index < -0.39 is 0 Å². The lowest BCUT2D eigenvalue weighted by Gasteiger charge is -2.22. The van der Waals surface area contributed by atoms with E-state index >= 15 is 0 Å². The van der Waals surface area contributed by atoms with Gasteiger partial charge >= 0.3 is 0 Å². The summed E-state index contributed by atoms with van der Waals surface area (Å²) in [5.74, 6) is -0.0330. The molecule has 0 saturated carbocycles. The van der Waals surface area contributed by atoms with E-state index in [0.29, 0.717) is 13.0 Å². The Labute approximate surface area is 125 Å². The highest BCUT2D eigenvalue weighted by Crippen LogP contribution is 2.21. The van der Waals surface area contributed by atoms with Crippen molar-refractivity contribution in [1.29, 1.82) is 0 Å². The van der Waals surface area contributed by atoms with Crippen LogP contribution in [0, 0.1) is 6.92 Å². The molecule has 2 aromatic rings. The molecule has 1 aromatic heterocycles. The normalized spacial score (nSPS) is 17.6. The number of halogens is 1. The van der Waals surface area contributed by atoms with Gasteiger partial charge in [0.15, 0.2) is 0 Å². The number of fused-ring (bicyclic) bond motifs is 1. The van der Waals surface area contributed by atoms with Gasteiger partial charge in [-0.25, -0.2) is 4.98 Å². The van der Waals surface area contributed by atoms with E-state index in [2.05, 4.69) is 36.5 Å². The zero-order valence-electron chi connectivity index (χ0n) is 11.0. The number of H-pyrrole nitrogens is 1. The van der Waals surface area contributed by atoms with Crippen LogP contribution in [0.3, 0.4) is 0 Å². The molecule has 5 nitrogen and oxygen atoms in total. The van der Waals surface area contributed by atoms with Gasteiger partial charge in [-0.3, -0.25) is 10.1 Å². The largest absolute Gasteiger partial charge is 0.347 e. The van der Waals surface area contributed by atoms with E-state index in [9.17, 15) is 4.79 Å². The first-order valence-electron chi connectivity index (χ1n) is 6.45. The number of carbonyl (C=O) groups excluding carboxylic acids is 1. The SMILES string of the molecule is Cc1ccc(NC(=O)C2Cc3nc[nH]c3CN2)cc1Br. The van der Waals surface area contributed by atoms with Gasteiger partial charge in [0, 0.05) is 23.1 Å². The molecule has 0 spiro atoms. The summed E-state index contributed by atoms with van der Waals surface area (Å²) in [5, 5.41) is 6.15. The molecule has 1 amide bonds. The van der Waals surface area contributed by atoms with Gasteiger partial charge < -0.3 is 10.3 Å². The average molecular weight is 335 g/mol. The molecule has 1 atom stereocenters. The Bertz CT molecular complexity index is 652. The van der Waals surface area contributed by atoms with E-state index in [1.165, 1.54) is 0 Å². The molecule has 0 bridgehead atoms. The first-order chi connectivity index (χ1) is 9.63. The third kappa shape index (κ3) is 2.62. The second-order valence-electron chi connectivity index (χ2n) is 4.92. The van der Waals surface area contributed by atoms with Crippen LogP contribution in [0.4, 0.5) is 5.69 Å². The fourth-order valence-corrected chi connectivity index (χ4v) is 2.63. The average Bonchev–Trinajstić information content (AvgIpc) is 2.90. The number of aryl methyl sites for hydroxylation is 1. The highest BCUT2D eigenvalue weighted by Gasteiger charge is 2.25. The number of hydrogen-bond donors (Lipinski definition) is 3. The van der Waals surface area contributed by atoms with Gasteiger partial charge in [0.2, 0.25) is 5.91 Å². The standard InChI is InChI=1S/C14H15BrN4O/c1-8-2-3-9(4-10(8)15)19-14(20)12-5-11-13(6-16-12)18-7-17-11/h2-4,7,12,16H,5-6H2,1H3,(H,17,18)(H,19,20). The second kappa shape index (κ2) is 5.38. The van der Waals surface area contributed by atoms with Crippen molar-refractivity contribution in [2.75, 3.05) is 5.32 Å². The number of rotatable bonds is 2. The van der Waals surface area contributed by atoms with Crippen LogP contribution in [-0.2, 0) is 17.8 Å². The van der Waals surface area contributed by atoms with Crippen molar-refractivity contribution in [3.8, 4) is 0 Å². The fraction of sp³-hybridized carbons (Fsp3) is 0.286. The molecule has 1 aliphatic heterocycles. The van der Waals surface area contributed by atoms with Crippen LogP contribution in [-0.4, -0.2) is 21.9 Å². The van der Waals surface area contributed by atoms with E-state index in [1.807, 2.05) is 25.1 Å². The number of nitrogens with zero attached hydrogens (tertiary/aromatic N) is 1. The molecule has 2 heterocycles. The monoisotopic (exact) mass is 334 g/mol. The van der Waals surface area contributed by atoms with Gasteiger partial charge in [-0.15, -0.1) is 0 Å². The van der Waals surface area contributed by atoms with Gasteiger partial charge in [-0.1, -0.05) is 22.0 Å². The number of nitrogens with one attached hydrogen (secondary N) is 3. The topological polar surface area (TPSA) is 69.8 Å². The van der Waals surface area contributed by atoms with Gasteiger partial charge in [-0.05, 0) is 24.6 Å². The Morgan fingerprint density at radius 3 is 3.15 bits per heavy atom. The minimum Gasteiger partial charge on any atom is -0.347 e. The minimum absolute atomic E-state index is 0.0330. The van der Waals surface area contributed by atoms with Crippen molar-refractivity contribution in [2.45, 2.75) is 25.9 Å². The van der Waals surface area contributed by atoms with Crippen LogP contribution < -0.4 is 10.6 Å². The number of anilines is 1. The Morgan fingerprint density at radius 2 is 2.35 bits per heavy atom. The van der Waals surface area contributed by atoms with E-state index in [4.69, 9.17) is 0 Å². The molecule has 0 fully saturated rings. The summed E-state index contributed by atoms with van der Waals surface area (Å²) in [6, 6.07) is 5.54. The number of hydrogen-bond acceptors (Lipinski definition) is 3. The zero-order chi connectivity index (χ0) is 14.1. The summed E-state index contributed by atoms with van der Waals surface area (Å²) < 4.78 is 0.987. The maximum absolute atomic E-state index is 12.3. The molecule has 0 saturated heterocycles. The first-order valence-corrected chi connectivity index (χ1v) is 7.24. The highest BCUT2D eigenvalue weighted by atomic mass is 79.9. The number of benzene rings is 1. The quantitative estimate of drug-likeness (QED) is 0.788. The molecule has 104 valence electrons. The number of aromatic amines is 1. The molecule has 3 rings (SSSR count). The predicted octanol–water partition coefficient (Wildman–Crippen LogP) is 2.13. The van der Waals surface area contributed by atoms with E-state index in [0.717, 1.165) is 27.1 Å². The summed E-state index contributed by atoms with van der Waals surface area (Å²) in [6.07, 6.45) is 2.28. The first kappa shape index (κ1) is 13.3. The third-order valence-electron chi connectivity index (χ3n) is 3.49. The van der Waals surface area contributed by atoms with Crippen molar-refractivity contribution in [2.24, 2.45) is 0 Å². The van der Waals surface area contributed by atoms with Crippen molar-refractivity contribution < 1.29 is 4.79 Å². The number of carbonyl (C=O) groups is 1. The highest BCUT2D eigenvalue weighted by molar-refractivity contribution is 9.10. The lowest BCUT2D eigenvalue weighted by Crippen LogP contribution is -2.44. The van der Waals surface area contributed by atoms with Crippen LogP contribution >= 0.6 is 15.9 Å². The maximum atomic E-state index is 12.3. The van der Waals surface area contributed by atoms with Gasteiger partial charge in [0.25, 0.3) is 0 Å². The molecule has 0 aliphatic carbocycles. The summed E-state index contributed by atoms with van der Waals surface area (Å²) in [7, 11) is 0. The molecule has 1 aromatic carbocycles. The molecule has 6 heteroatoms. The summed E-state index contributed by atoms with van der Waals surface area (Å²) >= 11 is 3.47. The van der Waals surface area contributed by atoms with E-state index in [1.54, 1.807) is 6.33 Å². The van der Waals surface area contributed by atoms with Crippen LogP contribution in [0.25, 0.3) is 0 Å².